The molecule has 1 fully saturated rings. The minimum absolute atomic E-state index is 0.0366. The van der Waals surface area contributed by atoms with E-state index in [1.807, 2.05) is 0 Å². The maximum Gasteiger partial charge on any atom is 0.435 e. The van der Waals surface area contributed by atoms with E-state index in [4.69, 9.17) is 4.74 Å². The first-order valence-electron chi connectivity index (χ1n) is 10.2. The van der Waals surface area contributed by atoms with Gasteiger partial charge in [0.15, 0.2) is 11.3 Å². The highest BCUT2D eigenvalue weighted by Gasteiger charge is 2.38. The van der Waals surface area contributed by atoms with Gasteiger partial charge in [-0.15, -0.1) is 16.9 Å². The van der Waals surface area contributed by atoms with Gasteiger partial charge in [-0.05, 0) is 32.9 Å². The van der Waals surface area contributed by atoms with Crippen LogP contribution in [-0.4, -0.2) is 64.6 Å². The molecule has 1 aliphatic rings. The number of carbonyl (C=O) groups is 2. The molecule has 1 aliphatic heterocycles. The van der Waals surface area contributed by atoms with Gasteiger partial charge in [0.25, 0.3) is 5.91 Å². The third kappa shape index (κ3) is 4.95. The molecule has 34 heavy (non-hydrogen) atoms. The van der Waals surface area contributed by atoms with Crippen molar-refractivity contribution in [3.05, 3.63) is 30.2 Å². The zero-order chi connectivity index (χ0) is 24.8. The van der Waals surface area contributed by atoms with Gasteiger partial charge in [0.05, 0.1) is 5.88 Å². The molecule has 182 valence electrons. The van der Waals surface area contributed by atoms with Crippen molar-refractivity contribution in [3.63, 3.8) is 0 Å². The maximum atomic E-state index is 13.3. The number of halogens is 3. The molecule has 1 atom stereocenters. The molecule has 0 spiro atoms. The number of hydrogen-bond acceptors (Lipinski definition) is 7. The van der Waals surface area contributed by atoms with Crippen molar-refractivity contribution in [2.75, 3.05) is 16.9 Å². The van der Waals surface area contributed by atoms with E-state index in [1.54, 1.807) is 20.8 Å². The normalized spacial score (nSPS) is 16.8. The Kier molecular flexibility index (Phi) is 5.96. The first-order chi connectivity index (χ1) is 15.8. The number of rotatable bonds is 3. The number of pyridine rings is 1. The summed E-state index contributed by atoms with van der Waals surface area (Å²) in [6.45, 7) is 5.21. The van der Waals surface area contributed by atoms with Gasteiger partial charge in [-0.2, -0.15) is 23.3 Å². The molecule has 3 aromatic heterocycles. The highest BCUT2D eigenvalue weighted by Crippen LogP contribution is 2.36. The quantitative estimate of drug-likeness (QED) is 0.591. The minimum Gasteiger partial charge on any atom is -0.444 e. The number of amides is 2. The predicted molar refractivity (Wildman–Crippen MR) is 118 cm³/mol. The van der Waals surface area contributed by atoms with Crippen LogP contribution in [0.1, 0.15) is 26.5 Å². The van der Waals surface area contributed by atoms with Crippen molar-refractivity contribution >= 4 is 35.4 Å². The van der Waals surface area contributed by atoms with Crippen molar-refractivity contribution in [1.29, 1.82) is 0 Å². The number of anilines is 1. The van der Waals surface area contributed by atoms with Crippen LogP contribution in [0.25, 0.3) is 16.8 Å². The minimum atomic E-state index is -4.62. The largest absolute Gasteiger partial charge is 0.444 e. The fourth-order valence-electron chi connectivity index (χ4n) is 3.36. The monoisotopic (exact) mass is 497 g/mol. The summed E-state index contributed by atoms with van der Waals surface area (Å²) >= 11 is 1.41. The average molecular weight is 498 g/mol. The topological polar surface area (TPSA) is 107 Å². The molecule has 10 nitrogen and oxygen atoms in total. The molecule has 2 amide bonds. The molecular formula is C20H22F3N7O3S. The number of alkyl halides is 3. The van der Waals surface area contributed by atoms with E-state index >= 15 is 0 Å². The molecular weight excluding hydrogens is 475 g/mol. The van der Waals surface area contributed by atoms with E-state index in [-0.39, 0.29) is 17.1 Å². The Hall–Kier alpha value is -3.29. The van der Waals surface area contributed by atoms with Gasteiger partial charge >= 0.3 is 12.3 Å². The smallest absolute Gasteiger partial charge is 0.435 e. The Morgan fingerprint density at radius 1 is 1.18 bits per heavy atom. The highest BCUT2D eigenvalue weighted by molar-refractivity contribution is 7.99. The molecule has 3 aromatic rings. The van der Waals surface area contributed by atoms with Crippen LogP contribution in [0.5, 0.6) is 0 Å². The van der Waals surface area contributed by atoms with Gasteiger partial charge in [-0.25, -0.2) is 9.31 Å². The highest BCUT2D eigenvalue weighted by atomic mass is 32.2. The van der Waals surface area contributed by atoms with Crippen molar-refractivity contribution < 1.29 is 27.5 Å². The molecule has 0 saturated carbocycles. The second kappa shape index (κ2) is 8.49. The number of nitrogens with one attached hydrogen (secondary N) is 1. The summed E-state index contributed by atoms with van der Waals surface area (Å²) in [5.41, 5.74) is -1.26. The van der Waals surface area contributed by atoms with E-state index in [2.05, 4.69) is 20.5 Å². The maximum absolute atomic E-state index is 13.3. The summed E-state index contributed by atoms with van der Waals surface area (Å²) in [6.07, 6.45) is -2.57. The standard InChI is InChI=1S/C20H22F3N7O3S/c1-19(2,3)33-18(32)29-10-34-9-13(29)16(31)25-17-24-14-6-5-11(7-30(14)27-17)12-8-28(4)26-15(12)20(21,22)23/h5-8,13H,9-10H2,1-4H3,(H,25,27,31)/t13-/m1/s1. The lowest BCUT2D eigenvalue weighted by Crippen LogP contribution is -2.46. The molecule has 14 heteroatoms. The Morgan fingerprint density at radius 2 is 1.91 bits per heavy atom. The van der Waals surface area contributed by atoms with Gasteiger partial charge in [0, 0.05) is 36.3 Å². The fraction of sp³-hybridized carbons (Fsp3) is 0.450. The third-order valence-electron chi connectivity index (χ3n) is 4.79. The summed E-state index contributed by atoms with van der Waals surface area (Å²) < 4.78 is 47.7. The van der Waals surface area contributed by atoms with E-state index in [9.17, 15) is 22.8 Å². The van der Waals surface area contributed by atoms with Crippen LogP contribution in [-0.2, 0) is 22.8 Å². The molecule has 1 saturated heterocycles. The van der Waals surface area contributed by atoms with E-state index in [0.717, 1.165) is 4.68 Å². The number of carbonyl (C=O) groups excluding carboxylic acids is 2. The van der Waals surface area contributed by atoms with Crippen LogP contribution in [0.2, 0.25) is 0 Å². The van der Waals surface area contributed by atoms with Crippen LogP contribution < -0.4 is 5.32 Å². The van der Waals surface area contributed by atoms with Crippen LogP contribution >= 0.6 is 11.8 Å². The first-order valence-corrected chi connectivity index (χ1v) is 11.3. The van der Waals surface area contributed by atoms with Crippen molar-refractivity contribution in [2.45, 2.75) is 38.6 Å². The van der Waals surface area contributed by atoms with Crippen LogP contribution in [0.4, 0.5) is 23.9 Å². The van der Waals surface area contributed by atoms with Crippen LogP contribution in [0.3, 0.4) is 0 Å². The van der Waals surface area contributed by atoms with Gasteiger partial charge in [0.1, 0.15) is 11.6 Å². The molecule has 0 radical (unpaired) electrons. The third-order valence-corrected chi connectivity index (χ3v) is 5.80. The average Bonchev–Trinajstić information content (AvgIpc) is 3.42. The second-order valence-electron chi connectivity index (χ2n) is 8.67. The molecule has 0 aromatic carbocycles. The molecule has 4 rings (SSSR count). The number of aromatic nitrogens is 5. The molecule has 1 N–H and O–H groups in total. The summed E-state index contributed by atoms with van der Waals surface area (Å²) in [7, 11) is 1.41. The Balaban J connectivity index is 1.54. The SMILES string of the molecule is Cn1cc(-c2ccc3nc(NC(=O)[C@H]4CSCN4C(=O)OC(C)(C)C)nn3c2)c(C(F)(F)F)n1. The number of ether oxygens (including phenoxy) is 1. The van der Waals surface area contributed by atoms with E-state index in [0.29, 0.717) is 17.3 Å². The zero-order valence-corrected chi connectivity index (χ0v) is 19.6. The van der Waals surface area contributed by atoms with Crippen molar-refractivity contribution in [2.24, 2.45) is 7.05 Å². The lowest BCUT2D eigenvalue weighted by Gasteiger charge is -2.27. The lowest BCUT2D eigenvalue weighted by atomic mass is 10.1. The summed E-state index contributed by atoms with van der Waals surface area (Å²) in [5, 5.41) is 10.3. The fourth-order valence-corrected chi connectivity index (χ4v) is 4.50. The Bertz CT molecular complexity index is 1250. The van der Waals surface area contributed by atoms with Crippen molar-refractivity contribution in [1.82, 2.24) is 29.3 Å². The summed E-state index contributed by atoms with van der Waals surface area (Å²) in [6, 6.07) is 2.19. The Labute approximate surface area is 196 Å². The number of fused-ring (bicyclic) bond motifs is 1. The number of aryl methyl sites for hydroxylation is 1. The van der Waals surface area contributed by atoms with Gasteiger partial charge in [0.2, 0.25) is 5.95 Å². The number of hydrogen-bond donors (Lipinski definition) is 1. The van der Waals surface area contributed by atoms with Gasteiger partial charge in [-0.1, -0.05) is 0 Å². The molecule has 0 bridgehead atoms. The van der Waals surface area contributed by atoms with Crippen LogP contribution in [0.15, 0.2) is 24.5 Å². The van der Waals surface area contributed by atoms with Crippen LogP contribution in [0, 0.1) is 0 Å². The molecule has 0 aliphatic carbocycles. The summed E-state index contributed by atoms with van der Waals surface area (Å²) in [4.78, 5) is 30.8. The number of thioether (sulfide) groups is 1. The molecule has 4 heterocycles. The molecule has 0 unspecified atom stereocenters. The first kappa shape index (κ1) is 23.9. The zero-order valence-electron chi connectivity index (χ0n) is 18.8. The lowest BCUT2D eigenvalue weighted by molar-refractivity contribution is -0.141. The van der Waals surface area contributed by atoms with E-state index in [1.165, 1.54) is 52.8 Å². The Morgan fingerprint density at radius 3 is 2.59 bits per heavy atom. The van der Waals surface area contributed by atoms with Gasteiger partial charge in [-0.3, -0.25) is 19.7 Å². The van der Waals surface area contributed by atoms with Gasteiger partial charge < -0.3 is 4.74 Å². The van der Waals surface area contributed by atoms with E-state index < -0.39 is 35.5 Å². The summed E-state index contributed by atoms with van der Waals surface area (Å²) in [5.74, 6) is 0.162. The number of nitrogens with zero attached hydrogens (tertiary/aromatic N) is 6. The second-order valence-corrected chi connectivity index (χ2v) is 9.67. The predicted octanol–water partition coefficient (Wildman–Crippen LogP) is 3.40. The van der Waals surface area contributed by atoms with Crippen molar-refractivity contribution in [3.8, 4) is 11.1 Å².